The zero-order valence-electron chi connectivity index (χ0n) is 32.6. The normalized spacial score (nSPS) is 15.3. The van der Waals surface area contributed by atoms with Crippen molar-refractivity contribution in [3.05, 3.63) is 229 Å². The first kappa shape index (κ1) is 35.1. The average Bonchev–Trinajstić information content (AvgIpc) is 3.50. The van der Waals surface area contributed by atoms with E-state index in [9.17, 15) is 0 Å². The highest BCUT2D eigenvalue weighted by atomic mass is 15.1. The van der Waals surface area contributed by atoms with E-state index in [4.69, 9.17) is 16.5 Å². The Morgan fingerprint density at radius 2 is 0.966 bits per heavy atom. The Kier molecular flexibility index (Phi) is 8.65. The molecule has 2 aliphatic rings. The number of allylic oxidation sites excluding steroid dienone is 4. The van der Waals surface area contributed by atoms with Crippen molar-refractivity contribution in [1.29, 1.82) is 0 Å². The van der Waals surface area contributed by atoms with Gasteiger partial charge in [-0.1, -0.05) is 166 Å². The summed E-state index contributed by atoms with van der Waals surface area (Å²) in [5.74, 6) is 0.641. The van der Waals surface area contributed by atoms with E-state index in [1.807, 2.05) is 12.1 Å². The van der Waals surface area contributed by atoms with Gasteiger partial charge in [0.25, 0.3) is 0 Å². The molecule has 3 nitrogen and oxygen atoms in total. The van der Waals surface area contributed by atoms with Crippen LogP contribution in [0.25, 0.3) is 67.0 Å². The van der Waals surface area contributed by atoms with Crippen LogP contribution in [-0.2, 0) is 5.41 Å². The lowest BCUT2D eigenvalue weighted by atomic mass is 9.80. The predicted octanol–water partition coefficient (Wildman–Crippen LogP) is 14.2. The highest BCUT2D eigenvalue weighted by Gasteiger charge is 2.37. The SMILES string of the molecule is C=C1/C=C(c2nc(-c3ccccc3)cc(-c3ccccc3)n2)\C=C/N(c2ccc(-c3ccccc3)cc2)c2cc3c(cc21)C(C)(C)c1cc(-c2ccccc2)ccc1-3. The van der Waals surface area contributed by atoms with Gasteiger partial charge in [0.05, 0.1) is 17.1 Å². The van der Waals surface area contributed by atoms with E-state index in [1.54, 1.807) is 0 Å². The summed E-state index contributed by atoms with van der Waals surface area (Å²) in [5.41, 5.74) is 18.5. The average molecular weight is 744 g/mol. The third-order valence-electron chi connectivity index (χ3n) is 11.6. The Morgan fingerprint density at radius 3 is 1.55 bits per heavy atom. The number of aromatic nitrogens is 2. The largest absolute Gasteiger partial charge is 0.317 e. The van der Waals surface area contributed by atoms with Crippen LogP contribution in [0.5, 0.6) is 0 Å². The first-order valence-electron chi connectivity index (χ1n) is 19.8. The van der Waals surface area contributed by atoms with Gasteiger partial charge in [0.1, 0.15) is 0 Å². The van der Waals surface area contributed by atoms with Gasteiger partial charge >= 0.3 is 0 Å². The van der Waals surface area contributed by atoms with Gasteiger partial charge in [-0.25, -0.2) is 9.97 Å². The third kappa shape index (κ3) is 6.27. The molecule has 276 valence electrons. The monoisotopic (exact) mass is 743 g/mol. The number of rotatable bonds is 6. The molecule has 0 atom stereocenters. The van der Waals surface area contributed by atoms with Crippen LogP contribution in [0.15, 0.2) is 207 Å². The molecule has 58 heavy (non-hydrogen) atoms. The van der Waals surface area contributed by atoms with Crippen molar-refractivity contribution >= 4 is 22.5 Å². The Balaban J connectivity index is 1.15. The van der Waals surface area contributed by atoms with Crippen LogP contribution in [0.4, 0.5) is 11.4 Å². The van der Waals surface area contributed by atoms with Gasteiger partial charge in [0.2, 0.25) is 0 Å². The second kappa shape index (κ2) is 14.3. The van der Waals surface area contributed by atoms with Crippen molar-refractivity contribution in [2.75, 3.05) is 4.90 Å². The number of anilines is 2. The fourth-order valence-electron chi connectivity index (χ4n) is 8.48. The van der Waals surface area contributed by atoms with Crippen LogP contribution in [0.2, 0.25) is 0 Å². The van der Waals surface area contributed by atoms with E-state index in [1.165, 1.54) is 44.5 Å². The maximum absolute atomic E-state index is 5.21. The molecular weight excluding hydrogens is 703 g/mol. The lowest BCUT2D eigenvalue weighted by Crippen LogP contribution is -2.17. The first-order valence-corrected chi connectivity index (χ1v) is 19.8. The Labute approximate surface area is 340 Å². The molecule has 1 aromatic heterocycles. The second-order valence-corrected chi connectivity index (χ2v) is 15.6. The van der Waals surface area contributed by atoms with E-state index >= 15 is 0 Å². The maximum atomic E-state index is 5.21. The molecule has 0 fully saturated rings. The smallest absolute Gasteiger partial charge is 0.160 e. The van der Waals surface area contributed by atoms with Crippen molar-refractivity contribution in [2.45, 2.75) is 19.3 Å². The first-order chi connectivity index (χ1) is 28.4. The Bertz CT molecular complexity index is 2830. The highest BCUT2D eigenvalue weighted by molar-refractivity contribution is 5.97. The van der Waals surface area contributed by atoms with Gasteiger partial charge in [0, 0.05) is 39.6 Å². The Morgan fingerprint density at radius 1 is 0.466 bits per heavy atom. The van der Waals surface area contributed by atoms with Gasteiger partial charge in [0.15, 0.2) is 5.82 Å². The number of hydrogen-bond acceptors (Lipinski definition) is 3. The summed E-state index contributed by atoms with van der Waals surface area (Å²) in [5, 5.41) is 0. The van der Waals surface area contributed by atoms with Crippen LogP contribution in [0.3, 0.4) is 0 Å². The minimum absolute atomic E-state index is 0.227. The standard InChI is InChI=1S/C55H41N3/c1-37-32-44(54-56-51(41-20-12-6-13-21-41)36-52(57-54)42-22-14-7-15-23-42)30-31-58(45-27-24-40(25-28-45)38-16-8-4-9-17-38)53-35-48-46-29-26-43(39-18-10-5-11-19-39)33-49(46)55(2,3)50(48)34-47(37)53/h4-36H,1H2,2-3H3/b31-30-,44-32+. The van der Waals surface area contributed by atoms with Crippen molar-refractivity contribution in [2.24, 2.45) is 0 Å². The quantitative estimate of drug-likeness (QED) is 0.170. The van der Waals surface area contributed by atoms with Crippen LogP contribution >= 0.6 is 0 Å². The molecule has 10 rings (SSSR count). The zero-order chi connectivity index (χ0) is 39.2. The van der Waals surface area contributed by atoms with E-state index in [2.05, 4.69) is 207 Å². The van der Waals surface area contributed by atoms with Crippen LogP contribution in [0.1, 0.15) is 36.4 Å². The highest BCUT2D eigenvalue weighted by Crippen LogP contribution is 2.53. The number of hydrogen-bond donors (Lipinski definition) is 0. The van der Waals surface area contributed by atoms with Gasteiger partial charge in [-0.3, -0.25) is 0 Å². The second-order valence-electron chi connectivity index (χ2n) is 15.6. The number of fused-ring (bicyclic) bond motifs is 4. The maximum Gasteiger partial charge on any atom is 0.160 e. The summed E-state index contributed by atoms with van der Waals surface area (Å²) >= 11 is 0. The molecular formula is C55H41N3. The fourth-order valence-corrected chi connectivity index (χ4v) is 8.48. The third-order valence-corrected chi connectivity index (χ3v) is 11.6. The van der Waals surface area contributed by atoms with Gasteiger partial charge in [-0.05, 0) is 98.6 Å². The molecule has 0 saturated carbocycles. The minimum atomic E-state index is -0.227. The molecule has 0 unspecified atom stereocenters. The fraction of sp³-hybridized carbons (Fsp3) is 0.0545. The van der Waals surface area contributed by atoms with Crippen molar-refractivity contribution in [3.63, 3.8) is 0 Å². The molecule has 1 aliphatic carbocycles. The lowest BCUT2D eigenvalue weighted by molar-refractivity contribution is 0.660. The molecule has 0 spiro atoms. The summed E-state index contributed by atoms with van der Waals surface area (Å²) in [6, 6.07) is 64.5. The molecule has 1 aliphatic heterocycles. The molecule has 3 heteroatoms. The molecule has 8 aromatic rings. The molecule has 2 heterocycles. The predicted molar refractivity (Wildman–Crippen MR) is 243 cm³/mol. The summed E-state index contributed by atoms with van der Waals surface area (Å²) in [6.45, 7) is 9.45. The molecule has 7 aromatic carbocycles. The zero-order valence-corrected chi connectivity index (χ0v) is 32.6. The van der Waals surface area contributed by atoms with Crippen LogP contribution in [0, 0.1) is 0 Å². The van der Waals surface area contributed by atoms with Crippen molar-refractivity contribution in [1.82, 2.24) is 9.97 Å². The van der Waals surface area contributed by atoms with E-state index in [0.717, 1.165) is 50.6 Å². The van der Waals surface area contributed by atoms with Gasteiger partial charge in [-0.2, -0.15) is 0 Å². The van der Waals surface area contributed by atoms with Gasteiger partial charge in [-0.15, -0.1) is 0 Å². The Hall–Kier alpha value is -7.36. The molecule has 0 amide bonds. The molecule has 0 saturated heterocycles. The van der Waals surface area contributed by atoms with Crippen molar-refractivity contribution in [3.8, 4) is 55.9 Å². The van der Waals surface area contributed by atoms with Crippen molar-refractivity contribution < 1.29 is 0 Å². The summed E-state index contributed by atoms with van der Waals surface area (Å²) in [6.07, 6.45) is 6.45. The molecule has 0 bridgehead atoms. The number of benzene rings is 7. The summed E-state index contributed by atoms with van der Waals surface area (Å²) in [4.78, 5) is 12.7. The van der Waals surface area contributed by atoms with Crippen LogP contribution in [-0.4, -0.2) is 9.97 Å². The number of nitrogens with zero attached hydrogens (tertiary/aromatic N) is 3. The lowest BCUT2D eigenvalue weighted by Gasteiger charge is -2.29. The van der Waals surface area contributed by atoms with Gasteiger partial charge < -0.3 is 4.90 Å². The topological polar surface area (TPSA) is 29.0 Å². The van der Waals surface area contributed by atoms with E-state index in [0.29, 0.717) is 5.82 Å². The van der Waals surface area contributed by atoms with E-state index < -0.39 is 0 Å². The van der Waals surface area contributed by atoms with E-state index in [-0.39, 0.29) is 5.41 Å². The van der Waals surface area contributed by atoms with Crippen LogP contribution < -0.4 is 4.90 Å². The molecule has 0 radical (unpaired) electrons. The summed E-state index contributed by atoms with van der Waals surface area (Å²) < 4.78 is 0. The molecule has 0 N–H and O–H groups in total. The minimum Gasteiger partial charge on any atom is -0.317 e. The summed E-state index contributed by atoms with van der Waals surface area (Å²) in [7, 11) is 0.